The molecule has 0 aliphatic carbocycles. The van der Waals surface area contributed by atoms with Gasteiger partial charge in [-0.1, -0.05) is 25.4 Å². The van der Waals surface area contributed by atoms with Gasteiger partial charge in [-0.2, -0.15) is 0 Å². The first-order valence-electron chi connectivity index (χ1n) is 9.09. The Labute approximate surface area is 154 Å². The molecule has 2 rings (SSSR count). The van der Waals surface area contributed by atoms with Crippen LogP contribution < -0.4 is 16.0 Å². The molecule has 0 saturated carbocycles. The number of hydrogen-bond donors (Lipinski definition) is 3. The van der Waals surface area contributed by atoms with Crippen molar-refractivity contribution in [3.8, 4) is 0 Å². The summed E-state index contributed by atoms with van der Waals surface area (Å²) in [6.45, 7) is 6.80. The van der Waals surface area contributed by atoms with Crippen molar-refractivity contribution in [3.63, 3.8) is 0 Å². The monoisotopic (exact) mass is 365 g/mol. The normalized spacial score (nSPS) is 18.4. The minimum Gasteiger partial charge on any atom is -0.352 e. The summed E-state index contributed by atoms with van der Waals surface area (Å²) in [5, 5.41) is 9.42. The lowest BCUT2D eigenvalue weighted by molar-refractivity contribution is -0.117. The zero-order chi connectivity index (χ0) is 18.2. The van der Waals surface area contributed by atoms with E-state index in [0.717, 1.165) is 19.5 Å². The molecular weight excluding hydrogens is 338 g/mol. The van der Waals surface area contributed by atoms with E-state index in [2.05, 4.69) is 22.9 Å². The highest BCUT2D eigenvalue weighted by Gasteiger charge is 2.22. The Morgan fingerprint density at radius 3 is 2.84 bits per heavy atom. The topological polar surface area (TPSA) is 70.2 Å². The number of benzene rings is 1. The highest BCUT2D eigenvalue weighted by atomic mass is 35.5. The van der Waals surface area contributed by atoms with Gasteiger partial charge in [-0.15, -0.1) is 0 Å². The van der Waals surface area contributed by atoms with Crippen LogP contribution in [-0.2, 0) is 4.79 Å². The molecule has 138 valence electrons. The van der Waals surface area contributed by atoms with E-state index in [9.17, 15) is 9.59 Å². The van der Waals surface area contributed by atoms with Crippen molar-refractivity contribution in [1.82, 2.24) is 10.6 Å². The van der Waals surface area contributed by atoms with Crippen LogP contribution in [0.4, 0.5) is 5.69 Å². The van der Waals surface area contributed by atoms with E-state index < -0.39 is 0 Å². The first kappa shape index (κ1) is 19.7. The van der Waals surface area contributed by atoms with Crippen LogP contribution in [0.2, 0.25) is 5.02 Å². The Bertz CT molecular complexity index is 600. The predicted molar refractivity (Wildman–Crippen MR) is 102 cm³/mol. The van der Waals surface area contributed by atoms with Gasteiger partial charge in [0, 0.05) is 18.7 Å². The molecule has 2 atom stereocenters. The average molecular weight is 366 g/mol. The second-order valence-electron chi connectivity index (χ2n) is 6.79. The van der Waals surface area contributed by atoms with Crippen molar-refractivity contribution in [1.29, 1.82) is 0 Å². The Morgan fingerprint density at radius 1 is 1.40 bits per heavy atom. The number of carbonyl (C=O) groups excluding carboxylic acids is 2. The maximum atomic E-state index is 12.3. The lowest BCUT2D eigenvalue weighted by Crippen LogP contribution is -2.34. The van der Waals surface area contributed by atoms with Crippen molar-refractivity contribution in [2.45, 2.75) is 39.5 Å². The molecule has 1 fully saturated rings. The zero-order valence-electron chi connectivity index (χ0n) is 15.0. The highest BCUT2D eigenvalue weighted by molar-refractivity contribution is 6.34. The quantitative estimate of drug-likeness (QED) is 0.693. The van der Waals surface area contributed by atoms with Crippen LogP contribution in [0.5, 0.6) is 0 Å². The van der Waals surface area contributed by atoms with E-state index in [1.54, 1.807) is 18.2 Å². The molecule has 1 saturated heterocycles. The molecule has 25 heavy (non-hydrogen) atoms. The molecule has 2 unspecified atom stereocenters. The number of piperidine rings is 1. The van der Waals surface area contributed by atoms with E-state index >= 15 is 0 Å². The Morgan fingerprint density at radius 2 is 2.20 bits per heavy atom. The molecule has 0 radical (unpaired) electrons. The lowest BCUT2D eigenvalue weighted by atomic mass is 9.85. The van der Waals surface area contributed by atoms with Gasteiger partial charge in [-0.05, 0) is 62.4 Å². The summed E-state index contributed by atoms with van der Waals surface area (Å²) >= 11 is 6.19. The summed E-state index contributed by atoms with van der Waals surface area (Å²) in [6, 6.07) is 5.00. The van der Waals surface area contributed by atoms with E-state index in [4.69, 9.17) is 11.6 Å². The largest absolute Gasteiger partial charge is 0.352 e. The Hall–Kier alpha value is -1.59. The van der Waals surface area contributed by atoms with Crippen molar-refractivity contribution in [3.05, 3.63) is 28.8 Å². The number of hydrogen-bond acceptors (Lipinski definition) is 3. The van der Waals surface area contributed by atoms with E-state index in [0.29, 0.717) is 41.1 Å². The fraction of sp³-hybridized carbons (Fsp3) is 0.579. The van der Waals surface area contributed by atoms with Crippen LogP contribution in [-0.4, -0.2) is 31.4 Å². The van der Waals surface area contributed by atoms with Crippen LogP contribution in [0.1, 0.15) is 49.9 Å². The maximum Gasteiger partial charge on any atom is 0.252 e. The summed E-state index contributed by atoms with van der Waals surface area (Å²) in [4.78, 5) is 24.3. The minimum absolute atomic E-state index is 0.0164. The van der Waals surface area contributed by atoms with E-state index in [1.165, 1.54) is 12.8 Å². The van der Waals surface area contributed by atoms with Gasteiger partial charge in [0.2, 0.25) is 5.91 Å². The van der Waals surface area contributed by atoms with Crippen molar-refractivity contribution in [2.75, 3.05) is 25.0 Å². The minimum atomic E-state index is -0.192. The van der Waals surface area contributed by atoms with Crippen LogP contribution in [0, 0.1) is 11.8 Å². The summed E-state index contributed by atoms with van der Waals surface area (Å²) in [5.74, 6) is 0.676. The SMILES string of the molecule is CCCNC(=O)c1ccc(NC(=O)CC(C)C2CCCNC2)cc1Cl. The number of carbonyl (C=O) groups is 2. The lowest BCUT2D eigenvalue weighted by Gasteiger charge is -2.28. The third kappa shape index (κ3) is 6.01. The van der Waals surface area contributed by atoms with Crippen LogP contribution >= 0.6 is 11.6 Å². The molecule has 6 heteroatoms. The molecule has 1 aliphatic rings. The molecular formula is C19H28ClN3O2. The summed E-state index contributed by atoms with van der Waals surface area (Å²) in [7, 11) is 0. The summed E-state index contributed by atoms with van der Waals surface area (Å²) in [5.41, 5.74) is 1.05. The molecule has 3 N–H and O–H groups in total. The average Bonchev–Trinajstić information content (AvgIpc) is 2.60. The molecule has 0 spiro atoms. The maximum absolute atomic E-state index is 12.3. The number of halogens is 1. The number of amides is 2. The Kier molecular flexibility index (Phi) is 7.72. The second kappa shape index (κ2) is 9.78. The third-order valence-corrected chi connectivity index (χ3v) is 4.99. The van der Waals surface area contributed by atoms with Gasteiger partial charge >= 0.3 is 0 Å². The molecule has 1 aromatic rings. The number of anilines is 1. The number of nitrogens with one attached hydrogen (secondary N) is 3. The molecule has 5 nitrogen and oxygen atoms in total. The fourth-order valence-corrected chi connectivity index (χ4v) is 3.41. The Balaban J connectivity index is 1.90. The van der Waals surface area contributed by atoms with E-state index in [-0.39, 0.29) is 11.8 Å². The number of rotatable bonds is 7. The summed E-state index contributed by atoms with van der Waals surface area (Å²) in [6.07, 6.45) is 3.71. The van der Waals surface area contributed by atoms with Crippen LogP contribution in [0.15, 0.2) is 18.2 Å². The van der Waals surface area contributed by atoms with Crippen molar-refractivity contribution >= 4 is 29.1 Å². The van der Waals surface area contributed by atoms with Crippen LogP contribution in [0.3, 0.4) is 0 Å². The first-order chi connectivity index (χ1) is 12.0. The van der Waals surface area contributed by atoms with Gasteiger partial charge in [-0.25, -0.2) is 0 Å². The van der Waals surface area contributed by atoms with Gasteiger partial charge in [0.1, 0.15) is 0 Å². The molecule has 0 bridgehead atoms. The molecule has 1 aliphatic heterocycles. The van der Waals surface area contributed by atoms with Gasteiger partial charge in [0.05, 0.1) is 10.6 Å². The highest BCUT2D eigenvalue weighted by Crippen LogP contribution is 2.24. The van der Waals surface area contributed by atoms with Crippen molar-refractivity contribution in [2.24, 2.45) is 11.8 Å². The second-order valence-corrected chi connectivity index (χ2v) is 7.19. The van der Waals surface area contributed by atoms with Gasteiger partial charge in [-0.3, -0.25) is 9.59 Å². The van der Waals surface area contributed by atoms with Crippen LogP contribution in [0.25, 0.3) is 0 Å². The van der Waals surface area contributed by atoms with Gasteiger partial charge in [0.25, 0.3) is 5.91 Å². The molecule has 1 aromatic carbocycles. The standard InChI is InChI=1S/C19H28ClN3O2/c1-3-8-22-19(25)16-7-6-15(11-17(16)20)23-18(24)10-13(2)14-5-4-9-21-12-14/h6-7,11,13-14,21H,3-5,8-10,12H2,1-2H3,(H,22,25)(H,23,24). The smallest absolute Gasteiger partial charge is 0.252 e. The predicted octanol–water partition coefficient (Wildman–Crippen LogP) is 3.44. The van der Waals surface area contributed by atoms with Crippen molar-refractivity contribution < 1.29 is 9.59 Å². The molecule has 1 heterocycles. The fourth-order valence-electron chi connectivity index (χ4n) is 3.15. The first-order valence-corrected chi connectivity index (χ1v) is 9.47. The van der Waals surface area contributed by atoms with Gasteiger partial charge < -0.3 is 16.0 Å². The third-order valence-electron chi connectivity index (χ3n) is 4.68. The molecule has 2 amide bonds. The summed E-state index contributed by atoms with van der Waals surface area (Å²) < 4.78 is 0. The van der Waals surface area contributed by atoms with E-state index in [1.807, 2.05) is 6.92 Å². The zero-order valence-corrected chi connectivity index (χ0v) is 15.8. The van der Waals surface area contributed by atoms with Gasteiger partial charge in [0.15, 0.2) is 0 Å². The molecule has 0 aromatic heterocycles.